The van der Waals surface area contributed by atoms with Crippen molar-refractivity contribution in [3.63, 3.8) is 0 Å². The molecule has 0 fully saturated rings. The first kappa shape index (κ1) is 14.4. The highest BCUT2D eigenvalue weighted by Crippen LogP contribution is 2.51. The molecule has 0 aromatic heterocycles. The summed E-state index contributed by atoms with van der Waals surface area (Å²) in [6, 6.07) is 30.8. The molecule has 0 atom stereocenters. The van der Waals surface area contributed by atoms with Crippen LogP contribution >= 0.6 is 7.92 Å². The molecule has 0 saturated heterocycles. The van der Waals surface area contributed by atoms with Gasteiger partial charge in [-0.3, -0.25) is 0 Å². The zero-order valence-corrected chi connectivity index (χ0v) is 14.1. The van der Waals surface area contributed by atoms with E-state index in [4.69, 9.17) is 0 Å². The summed E-state index contributed by atoms with van der Waals surface area (Å²) >= 11 is 0. The Kier molecular flexibility index (Phi) is 3.85. The average Bonchev–Trinajstić information content (AvgIpc) is 2.94. The van der Waals surface area contributed by atoms with E-state index in [1.54, 1.807) is 5.31 Å². The van der Waals surface area contributed by atoms with E-state index in [1.807, 2.05) is 0 Å². The van der Waals surface area contributed by atoms with E-state index in [0.29, 0.717) is 0 Å². The summed E-state index contributed by atoms with van der Waals surface area (Å²) in [5, 5.41) is 4.48. The third-order valence-corrected chi connectivity index (χ3v) is 7.17. The summed E-state index contributed by atoms with van der Waals surface area (Å²) in [6.45, 7) is 2.29. The van der Waals surface area contributed by atoms with Crippen molar-refractivity contribution in [2.45, 2.75) is 13.3 Å². The molecule has 4 rings (SSSR count). The van der Waals surface area contributed by atoms with Gasteiger partial charge in [0.25, 0.3) is 0 Å². The number of rotatable bonds is 3. The zero-order chi connectivity index (χ0) is 15.6. The van der Waals surface area contributed by atoms with Gasteiger partial charge in [-0.2, -0.15) is 0 Å². The standard InChI is InChI=1S/C22H19P/c1-17-21-15-9-8-10-18(21)16-22(17)23(19-11-4-2-5-12-19)20-13-6-3-7-14-20/h2-15H,16H2,1H3. The quantitative estimate of drug-likeness (QED) is 0.590. The largest absolute Gasteiger partial charge is 0.0622 e. The van der Waals surface area contributed by atoms with Crippen LogP contribution in [0.3, 0.4) is 0 Å². The minimum absolute atomic E-state index is 0.458. The second-order valence-electron chi connectivity index (χ2n) is 5.91. The van der Waals surface area contributed by atoms with Gasteiger partial charge in [-0.25, -0.2) is 0 Å². The number of fused-ring (bicyclic) bond motifs is 1. The average molecular weight is 314 g/mol. The van der Waals surface area contributed by atoms with E-state index in [1.165, 1.54) is 27.3 Å². The van der Waals surface area contributed by atoms with Crippen LogP contribution in [0.4, 0.5) is 0 Å². The lowest BCUT2D eigenvalue weighted by Crippen LogP contribution is -2.13. The van der Waals surface area contributed by atoms with Gasteiger partial charge in [-0.1, -0.05) is 84.9 Å². The van der Waals surface area contributed by atoms with Crippen molar-refractivity contribution in [2.75, 3.05) is 0 Å². The van der Waals surface area contributed by atoms with Crippen LogP contribution < -0.4 is 10.6 Å². The van der Waals surface area contributed by atoms with Crippen molar-refractivity contribution < 1.29 is 0 Å². The Bertz CT molecular complexity index is 808. The molecule has 0 nitrogen and oxygen atoms in total. The fourth-order valence-electron chi connectivity index (χ4n) is 3.37. The first-order valence-electron chi connectivity index (χ1n) is 8.03. The van der Waals surface area contributed by atoms with Crippen LogP contribution in [0.2, 0.25) is 0 Å². The lowest BCUT2D eigenvalue weighted by Gasteiger charge is -2.21. The lowest BCUT2D eigenvalue weighted by molar-refractivity contribution is 1.29. The van der Waals surface area contributed by atoms with Gasteiger partial charge in [0.1, 0.15) is 0 Å². The van der Waals surface area contributed by atoms with Crippen LogP contribution in [0, 0.1) is 0 Å². The maximum atomic E-state index is 2.29. The molecule has 1 heteroatoms. The molecule has 0 unspecified atom stereocenters. The Morgan fingerprint density at radius 1 is 0.652 bits per heavy atom. The predicted molar refractivity (Wildman–Crippen MR) is 102 cm³/mol. The molecule has 0 saturated carbocycles. The van der Waals surface area contributed by atoms with E-state index < -0.39 is 7.92 Å². The fraction of sp³-hybridized carbons (Fsp3) is 0.0909. The minimum Gasteiger partial charge on any atom is -0.0622 e. The third kappa shape index (κ3) is 2.64. The molecule has 1 aliphatic carbocycles. The molecule has 0 N–H and O–H groups in total. The van der Waals surface area contributed by atoms with E-state index in [9.17, 15) is 0 Å². The van der Waals surface area contributed by atoms with E-state index in [0.717, 1.165) is 6.42 Å². The molecule has 0 amide bonds. The molecule has 112 valence electrons. The van der Waals surface area contributed by atoms with Crippen LogP contribution in [0.5, 0.6) is 0 Å². The van der Waals surface area contributed by atoms with Gasteiger partial charge in [-0.15, -0.1) is 0 Å². The minimum atomic E-state index is -0.458. The molecule has 0 aliphatic heterocycles. The number of benzene rings is 3. The SMILES string of the molecule is CC1=C(P(c2ccccc2)c2ccccc2)Cc2ccccc21. The highest BCUT2D eigenvalue weighted by molar-refractivity contribution is 7.77. The number of hydrogen-bond donors (Lipinski definition) is 0. The van der Waals surface area contributed by atoms with Crippen LogP contribution in [-0.4, -0.2) is 0 Å². The van der Waals surface area contributed by atoms with Gasteiger partial charge in [-0.05, 0) is 53.9 Å². The van der Waals surface area contributed by atoms with Crippen LogP contribution in [-0.2, 0) is 6.42 Å². The van der Waals surface area contributed by atoms with Gasteiger partial charge >= 0.3 is 0 Å². The molecule has 23 heavy (non-hydrogen) atoms. The van der Waals surface area contributed by atoms with Gasteiger partial charge < -0.3 is 0 Å². The van der Waals surface area contributed by atoms with Crippen molar-refractivity contribution in [3.8, 4) is 0 Å². The second kappa shape index (κ2) is 6.14. The first-order valence-corrected chi connectivity index (χ1v) is 9.37. The normalized spacial score (nSPS) is 13.5. The maximum Gasteiger partial charge on any atom is -0.000612 e. The lowest BCUT2D eigenvalue weighted by atomic mass is 10.1. The molecule has 3 aromatic carbocycles. The van der Waals surface area contributed by atoms with Crippen molar-refractivity contribution >= 4 is 24.1 Å². The molecule has 1 aliphatic rings. The summed E-state index contributed by atoms with van der Waals surface area (Å²) < 4.78 is 0. The van der Waals surface area contributed by atoms with Crippen LogP contribution in [0.1, 0.15) is 18.1 Å². The molecular formula is C22H19P. The van der Waals surface area contributed by atoms with E-state index in [-0.39, 0.29) is 0 Å². The zero-order valence-electron chi connectivity index (χ0n) is 13.2. The second-order valence-corrected chi connectivity index (χ2v) is 8.16. The molecular weight excluding hydrogens is 295 g/mol. The highest BCUT2D eigenvalue weighted by atomic mass is 31.1. The summed E-state index contributed by atoms with van der Waals surface area (Å²) in [4.78, 5) is 0. The maximum absolute atomic E-state index is 2.29. The Morgan fingerprint density at radius 3 is 1.74 bits per heavy atom. The Hall–Kier alpha value is -2.17. The first-order chi connectivity index (χ1) is 11.3. The molecule has 0 bridgehead atoms. The van der Waals surface area contributed by atoms with E-state index in [2.05, 4.69) is 91.9 Å². The topological polar surface area (TPSA) is 0 Å². The van der Waals surface area contributed by atoms with Crippen LogP contribution in [0.25, 0.3) is 5.57 Å². The van der Waals surface area contributed by atoms with Gasteiger partial charge in [0, 0.05) is 0 Å². The van der Waals surface area contributed by atoms with Crippen molar-refractivity contribution in [1.29, 1.82) is 0 Å². The van der Waals surface area contributed by atoms with Gasteiger partial charge in [0.15, 0.2) is 0 Å². The van der Waals surface area contributed by atoms with E-state index >= 15 is 0 Å². The van der Waals surface area contributed by atoms with Crippen molar-refractivity contribution in [2.24, 2.45) is 0 Å². The van der Waals surface area contributed by atoms with Gasteiger partial charge in [0.2, 0.25) is 0 Å². The summed E-state index contributed by atoms with van der Waals surface area (Å²) in [5.41, 5.74) is 4.38. The number of hydrogen-bond acceptors (Lipinski definition) is 0. The van der Waals surface area contributed by atoms with Crippen LogP contribution in [0.15, 0.2) is 90.2 Å². The Labute approximate surface area is 139 Å². The molecule has 0 radical (unpaired) electrons. The summed E-state index contributed by atoms with van der Waals surface area (Å²) in [6.07, 6.45) is 1.08. The number of allylic oxidation sites excluding steroid dienone is 2. The fourth-order valence-corrected chi connectivity index (χ4v) is 6.02. The predicted octanol–water partition coefficient (Wildman–Crippen LogP) is 5.11. The van der Waals surface area contributed by atoms with Crippen molar-refractivity contribution in [3.05, 3.63) is 101 Å². The molecule has 0 heterocycles. The Morgan fingerprint density at radius 2 is 1.17 bits per heavy atom. The molecule has 3 aromatic rings. The smallest absolute Gasteiger partial charge is 0.000612 e. The van der Waals surface area contributed by atoms with Gasteiger partial charge in [0.05, 0.1) is 0 Å². The van der Waals surface area contributed by atoms with Crippen molar-refractivity contribution in [1.82, 2.24) is 0 Å². The third-order valence-electron chi connectivity index (χ3n) is 4.51. The monoisotopic (exact) mass is 314 g/mol. The molecule has 0 spiro atoms. The summed E-state index contributed by atoms with van der Waals surface area (Å²) in [7, 11) is -0.458. The highest BCUT2D eigenvalue weighted by Gasteiger charge is 2.26. The Balaban J connectivity index is 1.87. The summed E-state index contributed by atoms with van der Waals surface area (Å²) in [5.74, 6) is 0.